The normalized spacial score (nSPS) is 20.0. The van der Waals surface area contributed by atoms with Crippen LogP contribution in [0.15, 0.2) is 35.3 Å². The Morgan fingerprint density at radius 3 is 2.56 bits per heavy atom. The van der Waals surface area contributed by atoms with Crippen LogP contribution < -0.4 is 5.56 Å². The molecule has 0 aliphatic heterocycles. The fourth-order valence-electron chi connectivity index (χ4n) is 3.69. The molecule has 1 aliphatic rings. The number of nitrogens with zero attached hydrogens (tertiary/aromatic N) is 1. The molecule has 0 aromatic carbocycles. The monoisotopic (exact) mass is 241 g/mol. The van der Waals surface area contributed by atoms with Gasteiger partial charge < -0.3 is 0 Å². The number of hydrogen-bond donors (Lipinski definition) is 0. The van der Waals surface area contributed by atoms with Gasteiger partial charge in [0.1, 0.15) is 0 Å². The maximum absolute atomic E-state index is 12.7. The summed E-state index contributed by atoms with van der Waals surface area (Å²) in [5.74, 6) is 0. The smallest absolute Gasteiger partial charge is 0.259 e. The van der Waals surface area contributed by atoms with Crippen LogP contribution >= 0.6 is 0 Å². The molecule has 0 atom stereocenters. The van der Waals surface area contributed by atoms with Crippen molar-refractivity contribution in [2.45, 2.75) is 44.9 Å². The average molecular weight is 241 g/mol. The first-order valence-corrected chi connectivity index (χ1v) is 6.48. The second-order valence-corrected chi connectivity index (χ2v) is 6.68. The van der Waals surface area contributed by atoms with Crippen LogP contribution in [0.25, 0.3) is 5.52 Å². The summed E-state index contributed by atoms with van der Waals surface area (Å²) in [6.07, 6.45) is 2.89. The Labute approximate surface area is 107 Å². The van der Waals surface area contributed by atoms with E-state index in [4.69, 9.17) is 0 Å². The molecule has 0 amide bonds. The predicted molar refractivity (Wildman–Crippen MR) is 74.3 cm³/mol. The lowest BCUT2D eigenvalue weighted by molar-refractivity contribution is 0.402. The molecule has 0 unspecified atom stereocenters. The van der Waals surface area contributed by atoms with Gasteiger partial charge in [-0.3, -0.25) is 9.20 Å². The summed E-state index contributed by atoms with van der Waals surface area (Å²) in [6, 6.07) is 8.08. The second-order valence-electron chi connectivity index (χ2n) is 6.68. The van der Waals surface area contributed by atoms with Gasteiger partial charge in [0.15, 0.2) is 0 Å². The minimum Gasteiger partial charge on any atom is -0.284 e. The highest BCUT2D eigenvalue weighted by atomic mass is 16.1. The molecule has 2 aromatic rings. The lowest BCUT2D eigenvalue weighted by Crippen LogP contribution is -2.26. The Morgan fingerprint density at radius 2 is 1.83 bits per heavy atom. The van der Waals surface area contributed by atoms with Crippen molar-refractivity contribution in [3.8, 4) is 0 Å². The third kappa shape index (κ3) is 1.38. The molecule has 0 spiro atoms. The summed E-state index contributed by atoms with van der Waals surface area (Å²) in [5, 5.41) is 0. The van der Waals surface area contributed by atoms with Crippen molar-refractivity contribution in [2.24, 2.45) is 0 Å². The Balaban J connectivity index is 2.50. The van der Waals surface area contributed by atoms with Gasteiger partial charge in [-0.1, -0.05) is 33.8 Å². The number of hydrogen-bond acceptors (Lipinski definition) is 1. The molecule has 18 heavy (non-hydrogen) atoms. The summed E-state index contributed by atoms with van der Waals surface area (Å²) < 4.78 is 1.77. The summed E-state index contributed by atoms with van der Waals surface area (Å²) in [7, 11) is 0. The third-order valence-corrected chi connectivity index (χ3v) is 4.18. The first-order valence-electron chi connectivity index (χ1n) is 6.48. The highest BCUT2D eigenvalue weighted by molar-refractivity contribution is 5.56. The van der Waals surface area contributed by atoms with Gasteiger partial charge in [0.2, 0.25) is 0 Å². The Hall–Kier alpha value is -1.57. The van der Waals surface area contributed by atoms with E-state index in [-0.39, 0.29) is 16.4 Å². The van der Waals surface area contributed by atoms with Crippen molar-refractivity contribution in [3.05, 3.63) is 51.9 Å². The van der Waals surface area contributed by atoms with Gasteiger partial charge >= 0.3 is 0 Å². The van der Waals surface area contributed by atoms with Gasteiger partial charge in [0.05, 0.1) is 0 Å². The van der Waals surface area contributed by atoms with Gasteiger partial charge in [-0.15, -0.1) is 0 Å². The van der Waals surface area contributed by atoms with Crippen LogP contribution in [0.2, 0.25) is 0 Å². The Kier molecular flexibility index (Phi) is 2.08. The van der Waals surface area contributed by atoms with E-state index in [2.05, 4.69) is 33.8 Å². The molecule has 2 heteroatoms. The number of fused-ring (bicyclic) bond motifs is 2. The van der Waals surface area contributed by atoms with E-state index >= 15 is 0 Å². The van der Waals surface area contributed by atoms with E-state index in [1.807, 2.05) is 24.4 Å². The molecular weight excluding hydrogens is 222 g/mol. The molecule has 0 saturated carbocycles. The van der Waals surface area contributed by atoms with Crippen LogP contribution in [0.1, 0.15) is 45.2 Å². The van der Waals surface area contributed by atoms with Gasteiger partial charge in [-0.2, -0.15) is 0 Å². The molecule has 2 heterocycles. The van der Waals surface area contributed by atoms with Gasteiger partial charge in [0, 0.05) is 17.3 Å². The summed E-state index contributed by atoms with van der Waals surface area (Å²) >= 11 is 0. The van der Waals surface area contributed by atoms with Gasteiger partial charge in [-0.25, -0.2) is 0 Å². The van der Waals surface area contributed by atoms with Crippen molar-refractivity contribution < 1.29 is 0 Å². The van der Waals surface area contributed by atoms with Crippen molar-refractivity contribution in [1.82, 2.24) is 4.40 Å². The lowest BCUT2D eigenvalue weighted by Gasteiger charge is -2.22. The molecule has 2 aromatic heterocycles. The largest absolute Gasteiger partial charge is 0.284 e. The van der Waals surface area contributed by atoms with Gasteiger partial charge in [0.25, 0.3) is 5.56 Å². The Morgan fingerprint density at radius 1 is 1.11 bits per heavy atom. The second kappa shape index (κ2) is 3.25. The topological polar surface area (TPSA) is 21.5 Å². The van der Waals surface area contributed by atoms with Crippen LogP contribution in [0, 0.1) is 0 Å². The first kappa shape index (κ1) is 11.5. The quantitative estimate of drug-likeness (QED) is 0.693. The van der Waals surface area contributed by atoms with Crippen molar-refractivity contribution in [2.75, 3.05) is 0 Å². The predicted octanol–water partition coefficient (Wildman–Crippen LogP) is 3.26. The number of aromatic nitrogens is 1. The van der Waals surface area contributed by atoms with E-state index in [1.54, 1.807) is 4.40 Å². The lowest BCUT2D eigenvalue weighted by atomic mass is 9.82. The van der Waals surface area contributed by atoms with E-state index in [9.17, 15) is 4.79 Å². The molecule has 94 valence electrons. The summed E-state index contributed by atoms with van der Waals surface area (Å²) in [6.45, 7) is 8.83. The summed E-state index contributed by atoms with van der Waals surface area (Å²) in [5.41, 5.74) is 3.42. The summed E-state index contributed by atoms with van der Waals surface area (Å²) in [4.78, 5) is 12.7. The highest BCUT2D eigenvalue weighted by Gasteiger charge is 2.44. The van der Waals surface area contributed by atoms with Crippen molar-refractivity contribution >= 4 is 5.52 Å². The number of pyridine rings is 2. The molecule has 1 aliphatic carbocycles. The maximum Gasteiger partial charge on any atom is 0.259 e. The average Bonchev–Trinajstić information content (AvgIpc) is 2.45. The van der Waals surface area contributed by atoms with Crippen molar-refractivity contribution in [3.63, 3.8) is 0 Å². The zero-order valence-corrected chi connectivity index (χ0v) is 11.4. The molecular formula is C16H19NO. The SMILES string of the molecule is CC1(C)CC(C)(C)c2c1cc1ccccn1c2=O. The van der Waals surface area contributed by atoms with Crippen LogP contribution in [-0.2, 0) is 10.8 Å². The Bertz CT molecular complexity index is 692. The van der Waals surface area contributed by atoms with Gasteiger partial charge in [-0.05, 0) is 41.0 Å². The van der Waals surface area contributed by atoms with Crippen molar-refractivity contribution in [1.29, 1.82) is 0 Å². The highest BCUT2D eigenvalue weighted by Crippen LogP contribution is 2.47. The molecule has 0 saturated heterocycles. The molecule has 0 N–H and O–H groups in total. The molecule has 3 rings (SSSR count). The van der Waals surface area contributed by atoms with E-state index in [0.717, 1.165) is 17.5 Å². The molecule has 0 fully saturated rings. The van der Waals surface area contributed by atoms with E-state index in [1.165, 1.54) is 5.56 Å². The maximum atomic E-state index is 12.7. The third-order valence-electron chi connectivity index (χ3n) is 4.18. The van der Waals surface area contributed by atoms with Crippen LogP contribution in [0.3, 0.4) is 0 Å². The zero-order chi connectivity index (χ0) is 13.1. The first-order chi connectivity index (χ1) is 8.33. The standard InChI is InChI=1S/C16H19NO/c1-15(2)10-16(3,4)13-12(15)9-11-7-5-6-8-17(11)14(13)18/h5-9H,10H2,1-4H3. The molecule has 0 radical (unpaired) electrons. The zero-order valence-electron chi connectivity index (χ0n) is 11.4. The molecule has 0 bridgehead atoms. The van der Waals surface area contributed by atoms with Crippen LogP contribution in [0.4, 0.5) is 0 Å². The fourth-order valence-corrected chi connectivity index (χ4v) is 3.69. The van der Waals surface area contributed by atoms with Crippen LogP contribution in [0.5, 0.6) is 0 Å². The van der Waals surface area contributed by atoms with Crippen LogP contribution in [-0.4, -0.2) is 4.40 Å². The van der Waals surface area contributed by atoms with E-state index in [0.29, 0.717) is 0 Å². The molecule has 2 nitrogen and oxygen atoms in total. The fraction of sp³-hybridized carbons (Fsp3) is 0.438. The minimum atomic E-state index is -0.0348. The number of rotatable bonds is 0. The minimum absolute atomic E-state index is 0.0348. The van der Waals surface area contributed by atoms with E-state index < -0.39 is 0 Å².